The number of anilines is 1. The summed E-state index contributed by atoms with van der Waals surface area (Å²) in [6, 6.07) is 20.1. The van der Waals surface area contributed by atoms with Gasteiger partial charge < -0.3 is 10.2 Å². The smallest absolute Gasteiger partial charge is 0.244 e. The van der Waals surface area contributed by atoms with Gasteiger partial charge in [0.15, 0.2) is 0 Å². The van der Waals surface area contributed by atoms with E-state index in [0.717, 1.165) is 22.2 Å². The molecular weight excluding hydrogens is 541 g/mol. The molecule has 0 aromatic heterocycles. The van der Waals surface area contributed by atoms with Gasteiger partial charge in [-0.05, 0) is 54.8 Å². The van der Waals surface area contributed by atoms with Crippen LogP contribution in [0.25, 0.3) is 0 Å². The van der Waals surface area contributed by atoms with Gasteiger partial charge in [0.25, 0.3) is 0 Å². The molecule has 208 valence electrons. The SMILES string of the molecule is CC[C@@H](C)NC(=O)[C@H](Cc1ccccc1)N(Cc1ccc(Cl)cc1)C(=O)CN(c1cccc(F)c1)S(C)(=O)=O. The minimum absolute atomic E-state index is 0.0148. The summed E-state index contributed by atoms with van der Waals surface area (Å²) in [4.78, 5) is 28.9. The minimum Gasteiger partial charge on any atom is -0.352 e. The molecule has 0 bridgehead atoms. The molecule has 2 atom stereocenters. The average molecular weight is 574 g/mol. The van der Waals surface area contributed by atoms with E-state index in [0.29, 0.717) is 17.0 Å². The molecule has 0 aliphatic heterocycles. The number of sulfonamides is 1. The number of carbonyl (C=O) groups excluding carboxylic acids is 2. The third-order valence-corrected chi connectivity index (χ3v) is 7.71. The number of hydrogen-bond acceptors (Lipinski definition) is 4. The molecule has 10 heteroatoms. The van der Waals surface area contributed by atoms with Gasteiger partial charge in [0.1, 0.15) is 18.4 Å². The van der Waals surface area contributed by atoms with Crippen molar-refractivity contribution in [3.63, 3.8) is 0 Å². The summed E-state index contributed by atoms with van der Waals surface area (Å²) in [5.74, 6) is -1.60. The normalized spacial score (nSPS) is 12.8. The van der Waals surface area contributed by atoms with Gasteiger partial charge in [-0.25, -0.2) is 12.8 Å². The van der Waals surface area contributed by atoms with Gasteiger partial charge in [-0.1, -0.05) is 67.1 Å². The predicted molar refractivity (Wildman–Crippen MR) is 152 cm³/mol. The van der Waals surface area contributed by atoms with E-state index >= 15 is 0 Å². The van der Waals surface area contributed by atoms with Crippen molar-refractivity contribution in [2.24, 2.45) is 0 Å². The number of amides is 2. The highest BCUT2D eigenvalue weighted by atomic mass is 35.5. The second-order valence-electron chi connectivity index (χ2n) is 9.42. The second-order valence-corrected chi connectivity index (χ2v) is 11.8. The molecule has 0 aliphatic carbocycles. The van der Waals surface area contributed by atoms with E-state index in [9.17, 15) is 22.4 Å². The molecule has 0 fully saturated rings. The Labute approximate surface area is 234 Å². The van der Waals surface area contributed by atoms with Crippen LogP contribution in [0.15, 0.2) is 78.9 Å². The van der Waals surface area contributed by atoms with Gasteiger partial charge in [0.05, 0.1) is 11.9 Å². The van der Waals surface area contributed by atoms with E-state index in [2.05, 4.69) is 5.32 Å². The summed E-state index contributed by atoms with van der Waals surface area (Å²) < 4.78 is 40.3. The molecule has 3 aromatic carbocycles. The Morgan fingerprint density at radius 2 is 1.64 bits per heavy atom. The zero-order valence-electron chi connectivity index (χ0n) is 22.2. The fourth-order valence-electron chi connectivity index (χ4n) is 4.03. The van der Waals surface area contributed by atoms with Crippen LogP contribution in [0.1, 0.15) is 31.4 Å². The molecule has 0 saturated carbocycles. The Kier molecular flexibility index (Phi) is 10.5. The highest BCUT2D eigenvalue weighted by molar-refractivity contribution is 7.92. The lowest BCUT2D eigenvalue weighted by atomic mass is 10.0. The maximum absolute atomic E-state index is 14.0. The quantitative estimate of drug-likeness (QED) is 0.337. The molecule has 3 rings (SSSR count). The first-order chi connectivity index (χ1) is 18.5. The van der Waals surface area contributed by atoms with Gasteiger partial charge in [-0.3, -0.25) is 13.9 Å². The predicted octanol–water partition coefficient (Wildman–Crippen LogP) is 4.80. The molecule has 7 nitrogen and oxygen atoms in total. The summed E-state index contributed by atoms with van der Waals surface area (Å²) in [6.45, 7) is 3.23. The molecule has 0 aliphatic rings. The topological polar surface area (TPSA) is 86.8 Å². The van der Waals surface area contributed by atoms with E-state index in [4.69, 9.17) is 11.6 Å². The van der Waals surface area contributed by atoms with E-state index in [-0.39, 0.29) is 30.6 Å². The van der Waals surface area contributed by atoms with E-state index in [1.807, 2.05) is 44.2 Å². The zero-order valence-corrected chi connectivity index (χ0v) is 23.8. The molecule has 3 aromatic rings. The third kappa shape index (κ3) is 8.80. The molecular formula is C29H33ClFN3O4S. The van der Waals surface area contributed by atoms with E-state index in [1.54, 1.807) is 24.3 Å². The number of rotatable bonds is 12. The van der Waals surface area contributed by atoms with Crippen molar-refractivity contribution in [3.05, 3.63) is 101 Å². The van der Waals surface area contributed by atoms with Crippen LogP contribution < -0.4 is 9.62 Å². The Morgan fingerprint density at radius 3 is 2.23 bits per heavy atom. The van der Waals surface area contributed by atoms with Crippen molar-refractivity contribution < 1.29 is 22.4 Å². The largest absolute Gasteiger partial charge is 0.352 e. The standard InChI is InChI=1S/C29H33ClFN3O4S/c1-4-21(2)32-29(36)27(17-22-9-6-5-7-10-22)33(19-23-13-15-24(30)16-14-23)28(35)20-34(39(3,37)38)26-12-8-11-25(31)18-26/h5-16,18,21,27H,4,17,19-20H2,1-3H3,(H,32,36)/t21-,27+/m1/s1. The van der Waals surface area contributed by atoms with E-state index in [1.165, 1.54) is 23.1 Å². The lowest BCUT2D eigenvalue weighted by Crippen LogP contribution is -2.54. The molecule has 0 heterocycles. The lowest BCUT2D eigenvalue weighted by Gasteiger charge is -2.34. The van der Waals surface area contributed by atoms with Gasteiger partial charge in [0, 0.05) is 24.0 Å². The van der Waals surface area contributed by atoms with Crippen LogP contribution in [0.5, 0.6) is 0 Å². The molecule has 0 spiro atoms. The van der Waals surface area contributed by atoms with E-state index < -0.39 is 34.3 Å². The monoisotopic (exact) mass is 573 g/mol. The fourth-order valence-corrected chi connectivity index (χ4v) is 4.99. The second kappa shape index (κ2) is 13.6. The number of nitrogens with zero attached hydrogens (tertiary/aromatic N) is 2. The molecule has 0 saturated heterocycles. The van der Waals surface area contributed by atoms with Gasteiger partial charge in [0.2, 0.25) is 21.8 Å². The van der Waals surface area contributed by atoms with Crippen LogP contribution in [-0.2, 0) is 32.6 Å². The fraction of sp³-hybridized carbons (Fsp3) is 0.310. The van der Waals surface area contributed by atoms with Crippen molar-refractivity contribution in [3.8, 4) is 0 Å². The minimum atomic E-state index is -3.97. The summed E-state index contributed by atoms with van der Waals surface area (Å²) in [5.41, 5.74) is 1.56. The van der Waals surface area contributed by atoms with Gasteiger partial charge in [-0.2, -0.15) is 0 Å². The first kappa shape index (κ1) is 30.1. The average Bonchev–Trinajstić information content (AvgIpc) is 2.90. The first-order valence-electron chi connectivity index (χ1n) is 12.6. The first-order valence-corrected chi connectivity index (χ1v) is 14.8. The Bertz CT molecular complexity index is 1370. The summed E-state index contributed by atoms with van der Waals surface area (Å²) in [7, 11) is -3.97. The van der Waals surface area contributed by atoms with Crippen LogP contribution >= 0.6 is 11.6 Å². The lowest BCUT2D eigenvalue weighted by molar-refractivity contribution is -0.140. The number of hydrogen-bond donors (Lipinski definition) is 1. The van der Waals surface area contributed by atoms with Crippen molar-refractivity contribution in [2.45, 2.75) is 45.3 Å². The number of nitrogens with one attached hydrogen (secondary N) is 1. The number of benzene rings is 3. The van der Waals surface area contributed by atoms with Crippen LogP contribution in [0.3, 0.4) is 0 Å². The summed E-state index contributed by atoms with van der Waals surface area (Å²) >= 11 is 6.06. The number of carbonyl (C=O) groups is 2. The highest BCUT2D eigenvalue weighted by Gasteiger charge is 2.33. The molecule has 0 radical (unpaired) electrons. The molecule has 39 heavy (non-hydrogen) atoms. The Morgan fingerprint density at radius 1 is 0.974 bits per heavy atom. The van der Waals surface area contributed by atoms with Crippen LogP contribution in [0.2, 0.25) is 5.02 Å². The van der Waals surface area contributed by atoms with Gasteiger partial charge in [-0.15, -0.1) is 0 Å². The zero-order chi connectivity index (χ0) is 28.6. The molecule has 2 amide bonds. The maximum atomic E-state index is 14.0. The molecule has 1 N–H and O–H groups in total. The molecule has 0 unspecified atom stereocenters. The van der Waals surface area contributed by atoms with Crippen molar-refractivity contribution in [2.75, 3.05) is 17.1 Å². The van der Waals surface area contributed by atoms with Crippen molar-refractivity contribution in [1.82, 2.24) is 10.2 Å². The summed E-state index contributed by atoms with van der Waals surface area (Å²) in [6.07, 6.45) is 1.85. The van der Waals surface area contributed by atoms with Crippen LogP contribution in [0, 0.1) is 5.82 Å². The maximum Gasteiger partial charge on any atom is 0.244 e. The van der Waals surface area contributed by atoms with Crippen molar-refractivity contribution in [1.29, 1.82) is 0 Å². The van der Waals surface area contributed by atoms with Crippen molar-refractivity contribution >= 4 is 39.1 Å². The Balaban J connectivity index is 2.05. The van der Waals surface area contributed by atoms with Gasteiger partial charge >= 0.3 is 0 Å². The highest BCUT2D eigenvalue weighted by Crippen LogP contribution is 2.21. The Hall–Kier alpha value is -3.43. The summed E-state index contributed by atoms with van der Waals surface area (Å²) in [5, 5.41) is 3.48. The number of halogens is 2. The van der Waals surface area contributed by atoms with Crippen LogP contribution in [-0.4, -0.2) is 50.0 Å². The van der Waals surface area contributed by atoms with Crippen LogP contribution in [0.4, 0.5) is 10.1 Å². The third-order valence-electron chi connectivity index (χ3n) is 6.31.